The summed E-state index contributed by atoms with van der Waals surface area (Å²) in [6.07, 6.45) is -0.906. The molecule has 0 radical (unpaired) electrons. The lowest BCUT2D eigenvalue weighted by Crippen LogP contribution is -2.41. The maximum absolute atomic E-state index is 11.5. The summed E-state index contributed by atoms with van der Waals surface area (Å²) in [6, 6.07) is -0.436. The second-order valence-electron chi connectivity index (χ2n) is 2.97. The van der Waals surface area contributed by atoms with Crippen molar-refractivity contribution in [2.45, 2.75) is 20.0 Å². The van der Waals surface area contributed by atoms with Crippen molar-refractivity contribution in [2.75, 3.05) is 13.1 Å². The molecule has 1 atom stereocenters. The highest BCUT2D eigenvalue weighted by Gasteiger charge is 2.30. The minimum Gasteiger partial charge on any atom is -0.453 e. The summed E-state index contributed by atoms with van der Waals surface area (Å²) in [7, 11) is 0. The second-order valence-corrected chi connectivity index (χ2v) is 2.97. The molecule has 14 heavy (non-hydrogen) atoms. The van der Waals surface area contributed by atoms with Crippen molar-refractivity contribution in [3.8, 4) is 0 Å². The topological polar surface area (TPSA) is 75.7 Å². The first kappa shape index (κ1) is 10.5. The fourth-order valence-corrected chi connectivity index (χ4v) is 1.20. The maximum atomic E-state index is 11.5. The molecule has 1 rings (SSSR count). The van der Waals surface area contributed by atoms with Crippen LogP contribution >= 0.6 is 0 Å². The molecule has 3 amide bonds. The van der Waals surface area contributed by atoms with Crippen LogP contribution in [0, 0.1) is 0 Å². The molecule has 0 unspecified atom stereocenters. The van der Waals surface area contributed by atoms with Crippen LogP contribution in [-0.4, -0.2) is 42.0 Å². The molecule has 0 bridgehead atoms. The van der Waals surface area contributed by atoms with E-state index in [2.05, 4.69) is 10.1 Å². The van der Waals surface area contributed by atoms with Gasteiger partial charge in [0.15, 0.2) is 6.10 Å². The van der Waals surface area contributed by atoms with Crippen LogP contribution in [-0.2, 0) is 14.3 Å². The molecule has 1 aliphatic rings. The highest BCUT2D eigenvalue weighted by atomic mass is 16.5. The molecule has 0 aliphatic carbocycles. The molecule has 0 saturated carbocycles. The van der Waals surface area contributed by atoms with Gasteiger partial charge in [-0.05, 0) is 6.92 Å². The minimum absolute atomic E-state index is 0.323. The van der Waals surface area contributed by atoms with Crippen LogP contribution in [0.2, 0.25) is 0 Å². The van der Waals surface area contributed by atoms with Crippen molar-refractivity contribution in [2.24, 2.45) is 0 Å². The van der Waals surface area contributed by atoms with Gasteiger partial charge < -0.3 is 10.1 Å². The van der Waals surface area contributed by atoms with E-state index in [9.17, 15) is 14.4 Å². The van der Waals surface area contributed by atoms with E-state index < -0.39 is 24.0 Å². The Morgan fingerprint density at radius 3 is 2.64 bits per heavy atom. The Balaban J connectivity index is 2.55. The monoisotopic (exact) mass is 200 g/mol. The summed E-state index contributed by atoms with van der Waals surface area (Å²) < 4.78 is 4.66. The first-order valence-corrected chi connectivity index (χ1v) is 4.29. The van der Waals surface area contributed by atoms with Crippen molar-refractivity contribution in [3.63, 3.8) is 0 Å². The van der Waals surface area contributed by atoms with E-state index in [1.807, 2.05) is 0 Å². The van der Waals surface area contributed by atoms with Crippen LogP contribution in [0.4, 0.5) is 4.79 Å². The third kappa shape index (κ3) is 2.21. The number of nitrogens with one attached hydrogen (secondary N) is 1. The van der Waals surface area contributed by atoms with Gasteiger partial charge in [-0.1, -0.05) is 0 Å². The molecule has 0 aromatic carbocycles. The normalized spacial score (nSPS) is 17.6. The van der Waals surface area contributed by atoms with Gasteiger partial charge in [0, 0.05) is 20.0 Å². The summed E-state index contributed by atoms with van der Waals surface area (Å²) in [4.78, 5) is 34.1. The number of ether oxygens (including phenoxy) is 1. The lowest BCUT2D eigenvalue weighted by Gasteiger charge is -2.17. The van der Waals surface area contributed by atoms with Gasteiger partial charge in [0.2, 0.25) is 0 Å². The zero-order valence-corrected chi connectivity index (χ0v) is 8.07. The van der Waals surface area contributed by atoms with Gasteiger partial charge in [-0.3, -0.25) is 14.5 Å². The van der Waals surface area contributed by atoms with Crippen LogP contribution in [0.5, 0.6) is 0 Å². The first-order chi connectivity index (χ1) is 6.52. The van der Waals surface area contributed by atoms with E-state index in [-0.39, 0.29) is 0 Å². The lowest BCUT2D eigenvalue weighted by atomic mass is 10.3. The van der Waals surface area contributed by atoms with Gasteiger partial charge in [0.25, 0.3) is 5.91 Å². The minimum atomic E-state index is -0.906. The SMILES string of the molecule is CC(=O)O[C@@H](C)C(=O)N1CCNC1=O. The van der Waals surface area contributed by atoms with Gasteiger partial charge in [-0.15, -0.1) is 0 Å². The Bertz CT molecular complexity index is 277. The van der Waals surface area contributed by atoms with Gasteiger partial charge in [-0.25, -0.2) is 4.79 Å². The second kappa shape index (κ2) is 4.08. The molecule has 1 heterocycles. The van der Waals surface area contributed by atoms with E-state index in [1.54, 1.807) is 0 Å². The van der Waals surface area contributed by atoms with E-state index in [4.69, 9.17) is 0 Å². The highest BCUT2D eigenvalue weighted by molar-refractivity contribution is 5.98. The average Bonchev–Trinajstić information content (AvgIpc) is 2.48. The van der Waals surface area contributed by atoms with Gasteiger partial charge in [-0.2, -0.15) is 0 Å². The number of hydrogen-bond donors (Lipinski definition) is 1. The number of esters is 1. The average molecular weight is 200 g/mol. The summed E-state index contributed by atoms with van der Waals surface area (Å²) in [6.45, 7) is 3.42. The molecule has 0 aromatic heterocycles. The van der Waals surface area contributed by atoms with Crippen LogP contribution in [0.1, 0.15) is 13.8 Å². The number of carbonyl (C=O) groups is 3. The summed E-state index contributed by atoms with van der Waals surface area (Å²) >= 11 is 0. The molecule has 78 valence electrons. The van der Waals surface area contributed by atoms with E-state index in [1.165, 1.54) is 13.8 Å². The van der Waals surface area contributed by atoms with Crippen molar-refractivity contribution in [1.82, 2.24) is 10.2 Å². The zero-order chi connectivity index (χ0) is 10.7. The number of imide groups is 1. The number of carbonyl (C=O) groups excluding carboxylic acids is 3. The summed E-state index contributed by atoms with van der Waals surface area (Å²) in [5, 5.41) is 2.48. The third-order valence-corrected chi connectivity index (χ3v) is 1.81. The maximum Gasteiger partial charge on any atom is 0.324 e. The van der Waals surface area contributed by atoms with E-state index >= 15 is 0 Å². The third-order valence-electron chi connectivity index (χ3n) is 1.81. The number of hydrogen-bond acceptors (Lipinski definition) is 4. The van der Waals surface area contributed by atoms with E-state index in [0.717, 1.165) is 4.90 Å². The number of rotatable bonds is 2. The van der Waals surface area contributed by atoms with Crippen LogP contribution in [0.25, 0.3) is 0 Å². The van der Waals surface area contributed by atoms with Crippen molar-refractivity contribution < 1.29 is 19.1 Å². The molecule has 6 nitrogen and oxygen atoms in total. The molecule has 0 spiro atoms. The molecule has 1 saturated heterocycles. The number of urea groups is 1. The largest absolute Gasteiger partial charge is 0.453 e. The molecule has 1 aliphatic heterocycles. The Morgan fingerprint density at radius 2 is 2.21 bits per heavy atom. The molecule has 1 fully saturated rings. The Kier molecular flexibility index (Phi) is 3.06. The quantitative estimate of drug-likeness (QED) is 0.609. The van der Waals surface area contributed by atoms with Crippen molar-refractivity contribution in [1.29, 1.82) is 0 Å². The lowest BCUT2D eigenvalue weighted by molar-refractivity contribution is -0.155. The smallest absolute Gasteiger partial charge is 0.324 e. The molecule has 6 heteroatoms. The van der Waals surface area contributed by atoms with E-state index in [0.29, 0.717) is 13.1 Å². The summed E-state index contributed by atoms with van der Waals surface area (Å²) in [5.74, 6) is -1.03. The fourth-order valence-electron chi connectivity index (χ4n) is 1.20. The number of amides is 3. The molecular weight excluding hydrogens is 188 g/mol. The van der Waals surface area contributed by atoms with Gasteiger partial charge >= 0.3 is 12.0 Å². The molecule has 1 N–H and O–H groups in total. The standard InChI is InChI=1S/C8H12N2O4/c1-5(14-6(2)11)7(12)10-4-3-9-8(10)13/h5H,3-4H2,1-2H3,(H,9,13)/t5-/m0/s1. The highest BCUT2D eigenvalue weighted by Crippen LogP contribution is 2.03. The van der Waals surface area contributed by atoms with Gasteiger partial charge in [0.05, 0.1) is 0 Å². The molecular formula is C8H12N2O4. The van der Waals surface area contributed by atoms with Crippen molar-refractivity contribution >= 4 is 17.9 Å². The van der Waals surface area contributed by atoms with Gasteiger partial charge in [0.1, 0.15) is 0 Å². The number of nitrogens with zero attached hydrogens (tertiary/aromatic N) is 1. The van der Waals surface area contributed by atoms with Crippen LogP contribution < -0.4 is 5.32 Å². The molecule has 0 aromatic rings. The van der Waals surface area contributed by atoms with Crippen LogP contribution in [0.15, 0.2) is 0 Å². The Hall–Kier alpha value is -1.59. The van der Waals surface area contributed by atoms with Crippen molar-refractivity contribution in [3.05, 3.63) is 0 Å². The Labute approximate surface area is 81.2 Å². The van der Waals surface area contributed by atoms with Crippen LogP contribution in [0.3, 0.4) is 0 Å². The predicted molar refractivity (Wildman–Crippen MR) is 46.3 cm³/mol. The zero-order valence-electron chi connectivity index (χ0n) is 8.07. The fraction of sp³-hybridized carbons (Fsp3) is 0.625. The Morgan fingerprint density at radius 1 is 1.57 bits per heavy atom. The summed E-state index contributed by atoms with van der Waals surface area (Å²) in [5.41, 5.74) is 0. The predicted octanol–water partition coefficient (Wildman–Crippen LogP) is -0.510. The first-order valence-electron chi connectivity index (χ1n) is 4.29.